The van der Waals surface area contributed by atoms with Crippen molar-refractivity contribution in [3.05, 3.63) is 122 Å². The fraction of sp³-hybridized carbons (Fsp3) is 0.676. The second-order valence-corrected chi connectivity index (χ2v) is 20.9. The zero-order chi connectivity index (χ0) is 55.7. The van der Waals surface area contributed by atoms with Gasteiger partial charge in [-0.3, -0.25) is 14.4 Å². The Hall–Kier alpha value is -4.19. The van der Waals surface area contributed by atoms with Gasteiger partial charge in [0.2, 0.25) is 0 Å². The minimum absolute atomic E-state index is 0.109. The van der Waals surface area contributed by atoms with Gasteiger partial charge >= 0.3 is 17.9 Å². The maximum Gasteiger partial charge on any atom is 0.306 e. The number of ether oxygens (including phenoxy) is 3. The first-order valence-corrected chi connectivity index (χ1v) is 32.0. The number of allylic oxidation sites excluding steroid dienone is 20. The Morgan fingerprint density at radius 2 is 0.532 bits per heavy atom. The van der Waals surface area contributed by atoms with E-state index >= 15 is 0 Å². The normalized spacial score (nSPS) is 12.9. The van der Waals surface area contributed by atoms with Crippen molar-refractivity contribution in [2.75, 3.05) is 13.2 Å². The molecule has 1 atom stereocenters. The lowest BCUT2D eigenvalue weighted by Gasteiger charge is -2.18. The molecule has 6 nitrogen and oxygen atoms in total. The predicted molar refractivity (Wildman–Crippen MR) is 334 cm³/mol. The number of rotatable bonds is 57. The molecule has 0 amide bonds. The molecule has 0 aromatic carbocycles. The maximum absolute atomic E-state index is 12.9. The molecule has 0 aromatic rings. The summed E-state index contributed by atoms with van der Waals surface area (Å²) < 4.78 is 16.9. The highest BCUT2D eigenvalue weighted by Gasteiger charge is 2.19. The van der Waals surface area contributed by atoms with Crippen LogP contribution < -0.4 is 0 Å². The van der Waals surface area contributed by atoms with E-state index < -0.39 is 12.1 Å². The topological polar surface area (TPSA) is 78.9 Å². The molecular weight excluding hydrogens is 949 g/mol. The monoisotopic (exact) mass is 1070 g/mol. The lowest BCUT2D eigenvalue weighted by Crippen LogP contribution is -2.30. The third kappa shape index (κ3) is 62.5. The van der Waals surface area contributed by atoms with E-state index in [-0.39, 0.29) is 31.6 Å². The van der Waals surface area contributed by atoms with Crippen molar-refractivity contribution in [2.45, 2.75) is 297 Å². The standard InChI is InChI=1S/C71H118O6/c1-4-7-10-13-16-19-22-25-28-31-33-34-35-36-38-40-43-46-49-52-55-58-61-64-70(73)76-67-68(66-75-69(72)63-60-57-54-51-48-45-42-39-30-27-24-21-18-15-12-9-6-3)77-71(74)65-62-59-56-53-50-47-44-41-37-32-29-26-23-20-17-14-11-8-5-2/h7-8,10-11,16-17,19-20,25-26,28-29,33-34,37,41,47,50,56,59,68H,4-6,9,12-15,18,21-24,27,30-32,35-36,38-40,42-46,48-49,51-55,57-58,60-67H2,1-3H3/b10-7-,11-8-,19-16-,20-17-,28-25-,29-26-,34-33-,41-37-,50-47-,59-56-. The van der Waals surface area contributed by atoms with Crippen LogP contribution in [0.1, 0.15) is 290 Å². The molecule has 0 N–H and O–H groups in total. The molecule has 6 heteroatoms. The lowest BCUT2D eigenvalue weighted by atomic mass is 10.0. The number of carbonyl (C=O) groups is 3. The van der Waals surface area contributed by atoms with E-state index in [9.17, 15) is 14.4 Å². The van der Waals surface area contributed by atoms with Crippen LogP contribution in [0.2, 0.25) is 0 Å². The first-order valence-electron chi connectivity index (χ1n) is 32.0. The summed E-state index contributed by atoms with van der Waals surface area (Å²) in [4.78, 5) is 38.3. The average molecular weight is 1070 g/mol. The van der Waals surface area contributed by atoms with Crippen molar-refractivity contribution >= 4 is 17.9 Å². The molecule has 77 heavy (non-hydrogen) atoms. The van der Waals surface area contributed by atoms with Crippen LogP contribution in [0.4, 0.5) is 0 Å². The van der Waals surface area contributed by atoms with Crippen molar-refractivity contribution in [1.82, 2.24) is 0 Å². The molecule has 0 aromatic heterocycles. The first-order chi connectivity index (χ1) is 38.0. The molecule has 438 valence electrons. The van der Waals surface area contributed by atoms with E-state index in [0.717, 1.165) is 103 Å². The van der Waals surface area contributed by atoms with Crippen molar-refractivity contribution in [2.24, 2.45) is 0 Å². The van der Waals surface area contributed by atoms with Gasteiger partial charge in [-0.15, -0.1) is 0 Å². The highest BCUT2D eigenvalue weighted by molar-refractivity contribution is 5.71. The second-order valence-electron chi connectivity index (χ2n) is 20.9. The van der Waals surface area contributed by atoms with Crippen LogP contribution in [0.15, 0.2) is 122 Å². The van der Waals surface area contributed by atoms with Crippen molar-refractivity contribution in [3.63, 3.8) is 0 Å². The van der Waals surface area contributed by atoms with Gasteiger partial charge in [0.1, 0.15) is 13.2 Å². The molecule has 0 heterocycles. The van der Waals surface area contributed by atoms with Crippen molar-refractivity contribution in [3.8, 4) is 0 Å². The Kier molecular flexibility index (Phi) is 60.8. The van der Waals surface area contributed by atoms with E-state index in [1.165, 1.54) is 141 Å². The summed E-state index contributed by atoms with van der Waals surface area (Å²) in [5, 5.41) is 0. The molecule has 0 bridgehead atoms. The summed E-state index contributed by atoms with van der Waals surface area (Å²) in [5.41, 5.74) is 0. The SMILES string of the molecule is CC/C=C\C/C=C\C/C=C\C/C=C\C/C=C\C/C=C\CCC(=O)OC(COC(=O)CCCCCCCCCCCC/C=C\C/C=C\C/C=C\C/C=C\CC)COC(=O)CCCCCCCCCCCCCCCCCCC. The molecule has 0 saturated carbocycles. The Balaban J connectivity index is 4.47. The molecule has 0 aliphatic heterocycles. The van der Waals surface area contributed by atoms with Crippen LogP contribution >= 0.6 is 0 Å². The van der Waals surface area contributed by atoms with Crippen molar-refractivity contribution < 1.29 is 28.6 Å². The Bertz CT molecular complexity index is 1600. The summed E-state index contributed by atoms with van der Waals surface area (Å²) in [6.45, 7) is 6.37. The molecule has 0 rings (SSSR count). The Morgan fingerprint density at radius 3 is 0.844 bits per heavy atom. The van der Waals surface area contributed by atoms with E-state index in [4.69, 9.17) is 14.2 Å². The number of esters is 3. The zero-order valence-electron chi connectivity index (χ0n) is 50.2. The van der Waals surface area contributed by atoms with Gasteiger partial charge in [0, 0.05) is 19.3 Å². The first kappa shape index (κ1) is 72.8. The minimum Gasteiger partial charge on any atom is -0.462 e. The zero-order valence-corrected chi connectivity index (χ0v) is 50.2. The molecule has 0 spiro atoms. The smallest absolute Gasteiger partial charge is 0.306 e. The van der Waals surface area contributed by atoms with Gasteiger partial charge in [0.15, 0.2) is 6.10 Å². The highest BCUT2D eigenvalue weighted by atomic mass is 16.6. The van der Waals surface area contributed by atoms with Gasteiger partial charge in [-0.25, -0.2) is 0 Å². The van der Waals surface area contributed by atoms with Crippen LogP contribution in [-0.4, -0.2) is 37.2 Å². The van der Waals surface area contributed by atoms with E-state index in [1.54, 1.807) is 0 Å². The third-order valence-electron chi connectivity index (χ3n) is 13.5. The summed E-state index contributed by atoms with van der Waals surface area (Å²) in [6, 6.07) is 0. The maximum atomic E-state index is 12.9. The summed E-state index contributed by atoms with van der Waals surface area (Å²) in [7, 11) is 0. The molecule has 0 fully saturated rings. The lowest BCUT2D eigenvalue weighted by molar-refractivity contribution is -0.166. The number of hydrogen-bond donors (Lipinski definition) is 0. The van der Waals surface area contributed by atoms with Gasteiger partial charge < -0.3 is 14.2 Å². The van der Waals surface area contributed by atoms with Crippen LogP contribution in [-0.2, 0) is 28.6 Å². The summed E-state index contributed by atoms with van der Waals surface area (Å²) in [6.07, 6.45) is 89.3. The predicted octanol–water partition coefficient (Wildman–Crippen LogP) is 22.0. The molecule has 0 aliphatic carbocycles. The number of carbonyl (C=O) groups excluding carboxylic acids is 3. The molecule has 0 saturated heterocycles. The Labute approximate surface area is 475 Å². The summed E-state index contributed by atoms with van der Waals surface area (Å²) in [5.74, 6) is -0.991. The van der Waals surface area contributed by atoms with Gasteiger partial charge in [-0.2, -0.15) is 0 Å². The highest BCUT2D eigenvalue weighted by Crippen LogP contribution is 2.16. The van der Waals surface area contributed by atoms with Gasteiger partial charge in [0.25, 0.3) is 0 Å². The van der Waals surface area contributed by atoms with Gasteiger partial charge in [0.05, 0.1) is 0 Å². The molecule has 0 aliphatic rings. The third-order valence-corrected chi connectivity index (χ3v) is 13.5. The van der Waals surface area contributed by atoms with Crippen LogP contribution in [0.25, 0.3) is 0 Å². The van der Waals surface area contributed by atoms with Crippen LogP contribution in [0.5, 0.6) is 0 Å². The Morgan fingerprint density at radius 1 is 0.273 bits per heavy atom. The summed E-state index contributed by atoms with van der Waals surface area (Å²) >= 11 is 0. The van der Waals surface area contributed by atoms with Crippen LogP contribution in [0, 0.1) is 0 Å². The fourth-order valence-electron chi connectivity index (χ4n) is 8.76. The fourth-order valence-corrected chi connectivity index (χ4v) is 8.76. The van der Waals surface area contributed by atoms with E-state index in [1.807, 2.05) is 6.08 Å². The van der Waals surface area contributed by atoms with Gasteiger partial charge in [-0.1, -0.05) is 296 Å². The number of hydrogen-bond acceptors (Lipinski definition) is 6. The minimum atomic E-state index is -0.823. The molecule has 0 radical (unpaired) electrons. The quantitative estimate of drug-likeness (QED) is 0.0261. The van der Waals surface area contributed by atoms with E-state index in [2.05, 4.69) is 136 Å². The molecule has 1 unspecified atom stereocenters. The largest absolute Gasteiger partial charge is 0.462 e. The average Bonchev–Trinajstić information content (AvgIpc) is 3.43. The second kappa shape index (κ2) is 64.3. The van der Waals surface area contributed by atoms with Crippen molar-refractivity contribution in [1.29, 1.82) is 0 Å². The van der Waals surface area contributed by atoms with Gasteiger partial charge in [-0.05, 0) is 96.3 Å². The van der Waals surface area contributed by atoms with E-state index in [0.29, 0.717) is 19.3 Å². The number of unbranched alkanes of at least 4 members (excludes halogenated alkanes) is 26. The van der Waals surface area contributed by atoms with Crippen LogP contribution in [0.3, 0.4) is 0 Å². The molecular formula is C71H118O6.